The van der Waals surface area contributed by atoms with Gasteiger partial charge >= 0.3 is 0 Å². The van der Waals surface area contributed by atoms with Gasteiger partial charge in [0.25, 0.3) is 5.56 Å². The van der Waals surface area contributed by atoms with E-state index < -0.39 is 0 Å². The van der Waals surface area contributed by atoms with Gasteiger partial charge in [-0.3, -0.25) is 18.6 Å². The predicted molar refractivity (Wildman–Crippen MR) is 85.2 cm³/mol. The Morgan fingerprint density at radius 2 is 2.00 bits per heavy atom. The molecule has 0 saturated carbocycles. The highest BCUT2D eigenvalue weighted by Crippen LogP contribution is 2.12. The molecule has 0 spiro atoms. The molecule has 3 aromatic rings. The third kappa shape index (κ3) is 2.67. The van der Waals surface area contributed by atoms with E-state index in [1.807, 2.05) is 20.8 Å². The van der Waals surface area contributed by atoms with Crippen molar-refractivity contribution in [3.63, 3.8) is 0 Å². The maximum absolute atomic E-state index is 12.7. The lowest BCUT2D eigenvalue weighted by molar-refractivity contribution is -0.123. The summed E-state index contributed by atoms with van der Waals surface area (Å²) in [7, 11) is 0. The molecule has 1 N–H and O–H groups in total. The molecule has 3 rings (SSSR count). The highest BCUT2D eigenvalue weighted by molar-refractivity contribution is 5.80. The summed E-state index contributed by atoms with van der Waals surface area (Å²) in [6.07, 6.45) is 1.63. The van der Waals surface area contributed by atoms with Gasteiger partial charge < -0.3 is 5.32 Å². The van der Waals surface area contributed by atoms with Crippen LogP contribution in [0.1, 0.15) is 26.6 Å². The molecule has 0 aliphatic heterocycles. The van der Waals surface area contributed by atoms with Crippen molar-refractivity contribution in [2.45, 2.75) is 39.8 Å². The minimum atomic E-state index is -0.371. The lowest BCUT2D eigenvalue weighted by Gasteiger charge is -2.21. The lowest BCUT2D eigenvalue weighted by Crippen LogP contribution is -2.43. The van der Waals surface area contributed by atoms with Crippen molar-refractivity contribution in [3.8, 4) is 0 Å². The number of aryl methyl sites for hydroxylation is 1. The van der Waals surface area contributed by atoms with E-state index in [4.69, 9.17) is 0 Å². The minimum Gasteiger partial charge on any atom is -0.350 e. The van der Waals surface area contributed by atoms with Crippen LogP contribution in [-0.2, 0) is 11.3 Å². The topological polar surface area (TPSA) is 94.2 Å². The van der Waals surface area contributed by atoms with Gasteiger partial charge in [-0.15, -0.1) is 10.2 Å². The number of nitrogens with one attached hydrogen (secondary N) is 1. The number of pyridine rings is 1. The van der Waals surface area contributed by atoms with Crippen molar-refractivity contribution in [2.75, 3.05) is 0 Å². The summed E-state index contributed by atoms with van der Waals surface area (Å²) in [5.41, 5.74) is 0.544. The van der Waals surface area contributed by atoms with Crippen LogP contribution in [0.2, 0.25) is 0 Å². The zero-order valence-corrected chi connectivity index (χ0v) is 13.5. The van der Waals surface area contributed by atoms with Crippen LogP contribution >= 0.6 is 0 Å². The zero-order chi connectivity index (χ0) is 16.8. The molecule has 3 aromatic heterocycles. The maximum Gasteiger partial charge on any atom is 0.297 e. The Morgan fingerprint density at radius 1 is 1.26 bits per heavy atom. The number of nitrogens with zero attached hydrogens (tertiary/aromatic N) is 5. The molecule has 8 nitrogen and oxygen atoms in total. The summed E-state index contributed by atoms with van der Waals surface area (Å²) in [6, 6.07) is 3.48. The van der Waals surface area contributed by atoms with Crippen LogP contribution in [0.3, 0.4) is 0 Å². The molecular weight excluding hydrogens is 296 g/mol. The van der Waals surface area contributed by atoms with E-state index in [1.165, 1.54) is 4.57 Å². The van der Waals surface area contributed by atoms with E-state index >= 15 is 0 Å². The van der Waals surface area contributed by atoms with Crippen molar-refractivity contribution in [3.05, 3.63) is 34.5 Å². The zero-order valence-electron chi connectivity index (χ0n) is 13.5. The standard InChI is InChI=1S/C15H18N6O2/c1-9-18-19-13-14(23)20(8-11(22)17-15(2,3)4)10-6-5-7-16-12(10)21(9)13/h5-7H,8H2,1-4H3,(H,17,22). The van der Waals surface area contributed by atoms with E-state index in [2.05, 4.69) is 20.5 Å². The fourth-order valence-corrected chi connectivity index (χ4v) is 2.51. The molecule has 1 amide bonds. The third-order valence-electron chi connectivity index (χ3n) is 3.35. The summed E-state index contributed by atoms with van der Waals surface area (Å²) in [4.78, 5) is 29.2. The Kier molecular flexibility index (Phi) is 3.39. The van der Waals surface area contributed by atoms with Gasteiger partial charge in [0.05, 0.1) is 5.52 Å². The highest BCUT2D eigenvalue weighted by Gasteiger charge is 2.19. The van der Waals surface area contributed by atoms with Crippen LogP contribution in [0, 0.1) is 6.92 Å². The first kappa shape index (κ1) is 15.1. The number of carbonyl (C=O) groups is 1. The smallest absolute Gasteiger partial charge is 0.297 e. The van der Waals surface area contributed by atoms with Gasteiger partial charge in [0.1, 0.15) is 12.4 Å². The molecule has 0 saturated heterocycles. The molecule has 0 bridgehead atoms. The van der Waals surface area contributed by atoms with Gasteiger partial charge in [0.15, 0.2) is 5.65 Å². The number of carbonyl (C=O) groups excluding carboxylic acids is 1. The van der Waals surface area contributed by atoms with Crippen molar-refractivity contribution in [1.29, 1.82) is 0 Å². The first-order valence-corrected chi connectivity index (χ1v) is 7.28. The molecule has 0 unspecified atom stereocenters. The highest BCUT2D eigenvalue weighted by atomic mass is 16.2. The van der Waals surface area contributed by atoms with Crippen LogP contribution in [-0.4, -0.2) is 35.6 Å². The molecule has 0 atom stereocenters. The molecule has 0 fully saturated rings. The largest absolute Gasteiger partial charge is 0.350 e. The van der Waals surface area contributed by atoms with Gasteiger partial charge in [-0.2, -0.15) is 0 Å². The van der Waals surface area contributed by atoms with Crippen LogP contribution in [0.25, 0.3) is 16.8 Å². The number of hydrogen-bond acceptors (Lipinski definition) is 5. The monoisotopic (exact) mass is 314 g/mol. The summed E-state index contributed by atoms with van der Waals surface area (Å²) >= 11 is 0. The Labute approximate surface area is 132 Å². The molecule has 8 heteroatoms. The molecule has 120 valence electrons. The van der Waals surface area contributed by atoms with Crippen LogP contribution in [0.5, 0.6) is 0 Å². The molecule has 0 radical (unpaired) electrons. The average molecular weight is 314 g/mol. The second-order valence-corrected chi connectivity index (χ2v) is 6.44. The Balaban J connectivity index is 2.21. The van der Waals surface area contributed by atoms with E-state index in [9.17, 15) is 9.59 Å². The number of rotatable bonds is 2. The summed E-state index contributed by atoms with van der Waals surface area (Å²) < 4.78 is 2.99. The Morgan fingerprint density at radius 3 is 2.70 bits per heavy atom. The fraction of sp³-hybridized carbons (Fsp3) is 0.400. The van der Waals surface area contributed by atoms with Crippen LogP contribution in [0.4, 0.5) is 0 Å². The number of fused-ring (bicyclic) bond motifs is 3. The molecular formula is C15H18N6O2. The second-order valence-electron chi connectivity index (χ2n) is 6.44. The summed E-state index contributed by atoms with van der Waals surface area (Å²) in [5.74, 6) is 0.331. The number of amides is 1. The number of hydrogen-bond donors (Lipinski definition) is 1. The van der Waals surface area contributed by atoms with E-state index in [0.29, 0.717) is 17.0 Å². The Hall–Kier alpha value is -2.77. The quantitative estimate of drug-likeness (QED) is 0.750. The molecule has 3 heterocycles. The molecule has 23 heavy (non-hydrogen) atoms. The van der Waals surface area contributed by atoms with E-state index in [-0.39, 0.29) is 29.2 Å². The summed E-state index contributed by atoms with van der Waals surface area (Å²) in [6.45, 7) is 7.32. The molecule has 0 aliphatic rings. The third-order valence-corrected chi connectivity index (χ3v) is 3.35. The van der Waals surface area contributed by atoms with Gasteiger partial charge in [0.2, 0.25) is 11.6 Å². The normalized spacial score (nSPS) is 12.0. The van der Waals surface area contributed by atoms with Gasteiger partial charge in [0, 0.05) is 11.7 Å². The maximum atomic E-state index is 12.7. The van der Waals surface area contributed by atoms with Crippen molar-refractivity contribution in [2.24, 2.45) is 0 Å². The number of aromatic nitrogens is 5. The molecule has 0 aromatic carbocycles. The first-order valence-electron chi connectivity index (χ1n) is 7.28. The molecule has 0 aliphatic carbocycles. The van der Waals surface area contributed by atoms with Crippen molar-refractivity contribution >= 4 is 22.7 Å². The van der Waals surface area contributed by atoms with Gasteiger partial charge in [-0.1, -0.05) is 0 Å². The second kappa shape index (κ2) is 5.15. The average Bonchev–Trinajstić information content (AvgIpc) is 2.84. The summed E-state index contributed by atoms with van der Waals surface area (Å²) in [5, 5.41) is 10.7. The van der Waals surface area contributed by atoms with Gasteiger partial charge in [-0.25, -0.2) is 4.98 Å². The van der Waals surface area contributed by atoms with Gasteiger partial charge in [-0.05, 0) is 39.8 Å². The van der Waals surface area contributed by atoms with Crippen LogP contribution in [0.15, 0.2) is 23.1 Å². The lowest BCUT2D eigenvalue weighted by atomic mass is 10.1. The fourth-order valence-electron chi connectivity index (χ4n) is 2.51. The minimum absolute atomic E-state index is 0.0965. The SMILES string of the molecule is Cc1nnc2c(=O)n(CC(=O)NC(C)(C)C)c3cccnc3n12. The first-order chi connectivity index (χ1) is 10.8. The van der Waals surface area contributed by atoms with Crippen molar-refractivity contribution in [1.82, 2.24) is 29.5 Å². The van der Waals surface area contributed by atoms with E-state index in [1.54, 1.807) is 29.7 Å². The van der Waals surface area contributed by atoms with Crippen molar-refractivity contribution < 1.29 is 4.79 Å². The van der Waals surface area contributed by atoms with Crippen LogP contribution < -0.4 is 10.9 Å². The predicted octanol–water partition coefficient (Wildman–Crippen LogP) is 0.662. The van der Waals surface area contributed by atoms with E-state index in [0.717, 1.165) is 0 Å². The Bertz CT molecular complexity index is 964.